The molecule has 0 amide bonds. The number of nitrogens with one attached hydrogen (secondary N) is 1. The van der Waals surface area contributed by atoms with Crippen molar-refractivity contribution in [2.24, 2.45) is 0 Å². The number of halogens is 2. The van der Waals surface area contributed by atoms with Gasteiger partial charge < -0.3 is 14.6 Å². The molecule has 1 N–H and O–H groups in total. The van der Waals surface area contributed by atoms with E-state index in [-0.39, 0.29) is 5.75 Å². The Balaban J connectivity index is 2.25. The van der Waals surface area contributed by atoms with Gasteiger partial charge in [-0.15, -0.1) is 0 Å². The molecule has 0 aromatic carbocycles. The molecule has 0 bridgehead atoms. The molecular weight excluding hydrogens is 270 g/mol. The van der Waals surface area contributed by atoms with E-state index in [0.29, 0.717) is 30.1 Å². The summed E-state index contributed by atoms with van der Waals surface area (Å²) in [4.78, 5) is 2.14. The Hall–Kier alpha value is -0.590. The molecule has 1 atom stereocenters. The van der Waals surface area contributed by atoms with E-state index in [1.54, 1.807) is 6.07 Å². The molecule has 1 heterocycles. The first-order valence-corrected chi connectivity index (χ1v) is 7.37. The molecule has 1 aromatic rings. The fraction of sp³-hybridized carbons (Fsp3) is 0.692. The van der Waals surface area contributed by atoms with Gasteiger partial charge in [0.15, 0.2) is 0 Å². The molecule has 6 heteroatoms. The lowest BCUT2D eigenvalue weighted by molar-refractivity contribution is 0.251. The van der Waals surface area contributed by atoms with Crippen LogP contribution in [0.2, 0.25) is 0 Å². The summed E-state index contributed by atoms with van der Waals surface area (Å²) < 4.78 is 29.6. The Labute approximate surface area is 117 Å². The van der Waals surface area contributed by atoms with Gasteiger partial charge in [-0.1, -0.05) is 11.8 Å². The van der Waals surface area contributed by atoms with E-state index in [9.17, 15) is 8.78 Å². The first-order valence-electron chi connectivity index (χ1n) is 6.33. The lowest BCUT2D eigenvalue weighted by Gasteiger charge is -2.15. The van der Waals surface area contributed by atoms with Crippen LogP contribution in [0.3, 0.4) is 0 Å². The van der Waals surface area contributed by atoms with Gasteiger partial charge in [0, 0.05) is 6.04 Å². The van der Waals surface area contributed by atoms with Crippen molar-refractivity contribution in [1.82, 2.24) is 10.2 Å². The topological polar surface area (TPSA) is 28.4 Å². The smallest absolute Gasteiger partial charge is 0.284 e. The number of hydrogen-bond acceptors (Lipinski definition) is 4. The lowest BCUT2D eigenvalue weighted by atomic mass is 10.2. The molecule has 0 saturated heterocycles. The summed E-state index contributed by atoms with van der Waals surface area (Å²) in [5.74, 6) is -0.740. The second-order valence-electron chi connectivity index (χ2n) is 4.81. The van der Waals surface area contributed by atoms with Crippen molar-refractivity contribution in [2.75, 3.05) is 20.6 Å². The van der Waals surface area contributed by atoms with E-state index in [1.165, 1.54) is 0 Å². The average molecular weight is 292 g/mol. The minimum atomic E-state index is -2.35. The third-order valence-electron chi connectivity index (χ3n) is 2.70. The summed E-state index contributed by atoms with van der Waals surface area (Å²) in [5, 5.41) is 3.36. The summed E-state index contributed by atoms with van der Waals surface area (Å²) in [5.41, 5.74) is 0. The second kappa shape index (κ2) is 8.55. The van der Waals surface area contributed by atoms with Crippen LogP contribution in [0.1, 0.15) is 24.9 Å². The maximum atomic E-state index is 12.0. The minimum Gasteiger partial charge on any atom is -0.464 e. The van der Waals surface area contributed by atoms with Crippen molar-refractivity contribution in [1.29, 1.82) is 0 Å². The Kier molecular flexibility index (Phi) is 7.41. The molecule has 19 heavy (non-hydrogen) atoms. The van der Waals surface area contributed by atoms with Gasteiger partial charge in [0.25, 0.3) is 5.76 Å². The molecule has 0 aliphatic rings. The monoisotopic (exact) mass is 292 g/mol. The van der Waals surface area contributed by atoms with Crippen LogP contribution < -0.4 is 5.32 Å². The van der Waals surface area contributed by atoms with Crippen LogP contribution in [0.5, 0.6) is 0 Å². The van der Waals surface area contributed by atoms with Gasteiger partial charge in [0.1, 0.15) is 11.5 Å². The van der Waals surface area contributed by atoms with Crippen LogP contribution in [-0.4, -0.2) is 37.3 Å². The Morgan fingerprint density at radius 1 is 1.32 bits per heavy atom. The van der Waals surface area contributed by atoms with E-state index >= 15 is 0 Å². The van der Waals surface area contributed by atoms with Gasteiger partial charge in [0.2, 0.25) is 0 Å². The van der Waals surface area contributed by atoms with Crippen LogP contribution in [0.4, 0.5) is 8.78 Å². The number of furan rings is 1. The van der Waals surface area contributed by atoms with E-state index in [1.807, 2.05) is 20.2 Å². The van der Waals surface area contributed by atoms with Gasteiger partial charge in [-0.3, -0.25) is 0 Å². The van der Waals surface area contributed by atoms with Gasteiger partial charge in [-0.2, -0.15) is 8.78 Å². The molecule has 0 saturated carbocycles. The largest absolute Gasteiger partial charge is 0.464 e. The van der Waals surface area contributed by atoms with Crippen LogP contribution in [0.25, 0.3) is 0 Å². The van der Waals surface area contributed by atoms with Crippen molar-refractivity contribution in [3.8, 4) is 0 Å². The standard InChI is InChI=1S/C13H22F2N2OS/c1-10(6-7-17(2)3)16-8-11-4-5-12(18-11)9-19-13(14)15/h4-5,10,13,16H,6-9H2,1-3H3. The third-order valence-corrected chi connectivity index (χ3v) is 3.41. The van der Waals surface area contributed by atoms with Gasteiger partial charge >= 0.3 is 0 Å². The van der Waals surface area contributed by atoms with Gasteiger partial charge in [0.05, 0.1) is 12.3 Å². The van der Waals surface area contributed by atoms with Crippen LogP contribution >= 0.6 is 11.8 Å². The van der Waals surface area contributed by atoms with E-state index in [2.05, 4.69) is 17.1 Å². The third kappa shape index (κ3) is 7.54. The Morgan fingerprint density at radius 3 is 2.63 bits per heavy atom. The quantitative estimate of drug-likeness (QED) is 0.757. The molecule has 0 fully saturated rings. The van der Waals surface area contributed by atoms with E-state index in [0.717, 1.165) is 18.7 Å². The van der Waals surface area contributed by atoms with Crippen molar-refractivity contribution in [2.45, 2.75) is 37.4 Å². The first-order chi connectivity index (χ1) is 8.97. The molecule has 1 aromatic heterocycles. The Morgan fingerprint density at radius 2 is 2.00 bits per heavy atom. The molecule has 0 aliphatic heterocycles. The summed E-state index contributed by atoms with van der Waals surface area (Å²) in [6.45, 7) is 3.79. The molecule has 1 unspecified atom stereocenters. The first kappa shape index (κ1) is 16.5. The number of hydrogen-bond donors (Lipinski definition) is 1. The highest BCUT2D eigenvalue weighted by atomic mass is 32.2. The number of nitrogens with zero attached hydrogens (tertiary/aromatic N) is 1. The number of alkyl halides is 2. The van der Waals surface area contributed by atoms with Crippen molar-refractivity contribution in [3.63, 3.8) is 0 Å². The summed E-state index contributed by atoms with van der Waals surface area (Å²) in [6, 6.07) is 4.00. The summed E-state index contributed by atoms with van der Waals surface area (Å²) in [6.07, 6.45) is 1.06. The highest BCUT2D eigenvalue weighted by molar-refractivity contribution is 7.98. The predicted octanol–water partition coefficient (Wildman–Crippen LogP) is 3.17. The number of rotatable bonds is 9. The highest BCUT2D eigenvalue weighted by Gasteiger charge is 2.08. The average Bonchev–Trinajstić information content (AvgIpc) is 2.79. The fourth-order valence-corrected chi connectivity index (χ4v) is 2.01. The maximum absolute atomic E-state index is 12.0. The van der Waals surface area contributed by atoms with E-state index < -0.39 is 5.76 Å². The zero-order chi connectivity index (χ0) is 14.3. The highest BCUT2D eigenvalue weighted by Crippen LogP contribution is 2.21. The summed E-state index contributed by atoms with van der Waals surface area (Å²) >= 11 is 0.580. The fourth-order valence-electron chi connectivity index (χ4n) is 1.57. The molecular formula is C13H22F2N2OS. The molecule has 1 rings (SSSR count). The SMILES string of the molecule is CC(CCN(C)C)NCc1ccc(CSC(F)F)o1. The number of thioether (sulfide) groups is 1. The van der Waals surface area contributed by atoms with Crippen molar-refractivity contribution >= 4 is 11.8 Å². The van der Waals surface area contributed by atoms with E-state index in [4.69, 9.17) is 4.42 Å². The molecule has 0 radical (unpaired) electrons. The van der Waals surface area contributed by atoms with Crippen LogP contribution in [0.15, 0.2) is 16.5 Å². The second-order valence-corrected chi connectivity index (χ2v) is 5.79. The maximum Gasteiger partial charge on any atom is 0.284 e. The Bertz CT molecular complexity index is 358. The molecule has 0 aliphatic carbocycles. The van der Waals surface area contributed by atoms with Crippen LogP contribution in [-0.2, 0) is 12.3 Å². The zero-order valence-electron chi connectivity index (χ0n) is 11.7. The lowest BCUT2D eigenvalue weighted by Crippen LogP contribution is -2.29. The molecule has 3 nitrogen and oxygen atoms in total. The van der Waals surface area contributed by atoms with Crippen LogP contribution in [0, 0.1) is 0 Å². The normalized spacial score (nSPS) is 13.4. The summed E-state index contributed by atoms with van der Waals surface area (Å²) in [7, 11) is 4.10. The molecule has 110 valence electrons. The zero-order valence-corrected chi connectivity index (χ0v) is 12.5. The van der Waals surface area contributed by atoms with Gasteiger partial charge in [-0.25, -0.2) is 0 Å². The van der Waals surface area contributed by atoms with Crippen molar-refractivity contribution < 1.29 is 13.2 Å². The van der Waals surface area contributed by atoms with Crippen molar-refractivity contribution in [3.05, 3.63) is 23.7 Å². The predicted molar refractivity (Wildman–Crippen MR) is 75.5 cm³/mol. The minimum absolute atomic E-state index is 0.216. The van der Waals surface area contributed by atoms with Gasteiger partial charge in [-0.05, 0) is 46.1 Å². The molecule has 0 spiro atoms.